The lowest BCUT2D eigenvalue weighted by molar-refractivity contribution is 0.297. The van der Waals surface area contributed by atoms with E-state index in [9.17, 15) is 0 Å². The van der Waals surface area contributed by atoms with Gasteiger partial charge in [0, 0.05) is 6.04 Å². The van der Waals surface area contributed by atoms with Crippen LogP contribution < -0.4 is 10.1 Å². The van der Waals surface area contributed by atoms with Crippen molar-refractivity contribution in [3.8, 4) is 5.75 Å². The maximum absolute atomic E-state index is 5.85. The minimum atomic E-state index is 0.734. The standard InChI is InChI=1S/C15H23NO/c1-12-7-8-13(2)15(11-12)17-10-4-6-14-5-3-9-16-14/h7-8,11,14,16H,3-6,9-10H2,1-2H3. The smallest absolute Gasteiger partial charge is 0.122 e. The fourth-order valence-corrected chi connectivity index (χ4v) is 2.38. The van der Waals surface area contributed by atoms with Gasteiger partial charge < -0.3 is 10.1 Å². The van der Waals surface area contributed by atoms with E-state index in [1.165, 1.54) is 36.9 Å². The molecule has 1 unspecified atom stereocenters. The third kappa shape index (κ3) is 3.74. The van der Waals surface area contributed by atoms with Crippen LogP contribution in [0.4, 0.5) is 0 Å². The quantitative estimate of drug-likeness (QED) is 0.788. The lowest BCUT2D eigenvalue weighted by Gasteiger charge is -2.12. The normalized spacial score (nSPS) is 19.5. The lowest BCUT2D eigenvalue weighted by atomic mass is 10.1. The fraction of sp³-hybridized carbons (Fsp3) is 0.600. The summed E-state index contributed by atoms with van der Waals surface area (Å²) >= 11 is 0. The summed E-state index contributed by atoms with van der Waals surface area (Å²) in [5, 5.41) is 3.52. The van der Waals surface area contributed by atoms with Crippen LogP contribution in [0, 0.1) is 13.8 Å². The van der Waals surface area contributed by atoms with Crippen LogP contribution in [0.25, 0.3) is 0 Å². The van der Waals surface area contributed by atoms with E-state index in [1.807, 2.05) is 0 Å². The molecule has 1 aromatic carbocycles. The molecular formula is C15H23NO. The van der Waals surface area contributed by atoms with Gasteiger partial charge in [0.05, 0.1) is 6.61 Å². The van der Waals surface area contributed by atoms with Crippen LogP contribution in [-0.4, -0.2) is 19.2 Å². The molecule has 1 N–H and O–H groups in total. The summed E-state index contributed by atoms with van der Waals surface area (Å²) in [7, 11) is 0. The first-order valence-corrected chi connectivity index (χ1v) is 6.69. The van der Waals surface area contributed by atoms with Crippen LogP contribution in [0.5, 0.6) is 5.75 Å². The minimum Gasteiger partial charge on any atom is -0.493 e. The van der Waals surface area contributed by atoms with Crippen molar-refractivity contribution in [2.45, 2.75) is 45.6 Å². The SMILES string of the molecule is Cc1ccc(C)c(OCCCC2CCCN2)c1. The van der Waals surface area contributed by atoms with Gasteiger partial charge in [-0.05, 0) is 63.3 Å². The zero-order valence-corrected chi connectivity index (χ0v) is 11.0. The molecule has 1 aromatic rings. The number of rotatable bonds is 5. The molecule has 1 aliphatic rings. The van der Waals surface area contributed by atoms with E-state index in [2.05, 4.69) is 37.4 Å². The number of nitrogens with one attached hydrogen (secondary N) is 1. The molecule has 0 saturated carbocycles. The molecule has 1 fully saturated rings. The third-order valence-corrected chi connectivity index (χ3v) is 3.46. The molecular weight excluding hydrogens is 210 g/mol. The van der Waals surface area contributed by atoms with E-state index in [0.29, 0.717) is 0 Å². The zero-order chi connectivity index (χ0) is 12.1. The highest BCUT2D eigenvalue weighted by Gasteiger charge is 2.12. The van der Waals surface area contributed by atoms with Gasteiger partial charge in [-0.15, -0.1) is 0 Å². The summed E-state index contributed by atoms with van der Waals surface area (Å²) < 4.78 is 5.85. The predicted octanol–water partition coefficient (Wildman–Crippen LogP) is 3.21. The second-order valence-corrected chi connectivity index (χ2v) is 5.05. The van der Waals surface area contributed by atoms with Crippen molar-refractivity contribution in [3.63, 3.8) is 0 Å². The Labute approximate surface area is 104 Å². The maximum Gasteiger partial charge on any atom is 0.122 e. The molecule has 0 aromatic heterocycles. The van der Waals surface area contributed by atoms with Crippen molar-refractivity contribution < 1.29 is 4.74 Å². The van der Waals surface area contributed by atoms with Crippen molar-refractivity contribution in [1.82, 2.24) is 5.32 Å². The molecule has 2 heteroatoms. The van der Waals surface area contributed by atoms with E-state index >= 15 is 0 Å². The van der Waals surface area contributed by atoms with Gasteiger partial charge in [0.2, 0.25) is 0 Å². The molecule has 0 radical (unpaired) electrons. The van der Waals surface area contributed by atoms with Crippen molar-refractivity contribution in [3.05, 3.63) is 29.3 Å². The van der Waals surface area contributed by atoms with Gasteiger partial charge in [0.15, 0.2) is 0 Å². The van der Waals surface area contributed by atoms with E-state index in [4.69, 9.17) is 4.74 Å². The third-order valence-electron chi connectivity index (χ3n) is 3.46. The van der Waals surface area contributed by atoms with Gasteiger partial charge in [-0.1, -0.05) is 12.1 Å². The predicted molar refractivity (Wildman–Crippen MR) is 71.7 cm³/mol. The van der Waals surface area contributed by atoms with Gasteiger partial charge >= 0.3 is 0 Å². The van der Waals surface area contributed by atoms with Crippen LogP contribution in [0.2, 0.25) is 0 Å². The number of aryl methyl sites for hydroxylation is 2. The van der Waals surface area contributed by atoms with Gasteiger partial charge in [-0.3, -0.25) is 0 Å². The monoisotopic (exact) mass is 233 g/mol. The van der Waals surface area contributed by atoms with Crippen molar-refractivity contribution in [2.24, 2.45) is 0 Å². The average molecular weight is 233 g/mol. The summed E-state index contributed by atoms with van der Waals surface area (Å²) in [6.07, 6.45) is 5.06. The molecule has 94 valence electrons. The second-order valence-electron chi connectivity index (χ2n) is 5.05. The minimum absolute atomic E-state index is 0.734. The Bertz CT molecular complexity index is 356. The first-order chi connectivity index (χ1) is 8.25. The van der Waals surface area contributed by atoms with Gasteiger partial charge in [0.1, 0.15) is 5.75 Å². The maximum atomic E-state index is 5.85. The highest BCUT2D eigenvalue weighted by Crippen LogP contribution is 2.19. The summed E-state index contributed by atoms with van der Waals surface area (Å²) in [6.45, 7) is 6.24. The number of hydrogen-bond donors (Lipinski definition) is 1. The Morgan fingerprint density at radius 3 is 3.00 bits per heavy atom. The Morgan fingerprint density at radius 1 is 1.35 bits per heavy atom. The molecule has 2 nitrogen and oxygen atoms in total. The van der Waals surface area contributed by atoms with Gasteiger partial charge in [0.25, 0.3) is 0 Å². The van der Waals surface area contributed by atoms with Gasteiger partial charge in [-0.25, -0.2) is 0 Å². The van der Waals surface area contributed by atoms with E-state index < -0.39 is 0 Å². The van der Waals surface area contributed by atoms with E-state index in [1.54, 1.807) is 0 Å². The van der Waals surface area contributed by atoms with E-state index in [0.717, 1.165) is 24.8 Å². The Hall–Kier alpha value is -1.02. The number of benzene rings is 1. The first-order valence-electron chi connectivity index (χ1n) is 6.69. The second kappa shape index (κ2) is 6.06. The molecule has 0 amide bonds. The van der Waals surface area contributed by atoms with Crippen molar-refractivity contribution in [2.75, 3.05) is 13.2 Å². The average Bonchev–Trinajstić information content (AvgIpc) is 2.82. The van der Waals surface area contributed by atoms with Crippen LogP contribution in [-0.2, 0) is 0 Å². The summed E-state index contributed by atoms with van der Waals surface area (Å²) in [5.41, 5.74) is 2.50. The van der Waals surface area contributed by atoms with Crippen LogP contribution >= 0.6 is 0 Å². The molecule has 1 atom stereocenters. The van der Waals surface area contributed by atoms with E-state index in [-0.39, 0.29) is 0 Å². The topological polar surface area (TPSA) is 21.3 Å². The number of hydrogen-bond acceptors (Lipinski definition) is 2. The summed E-state index contributed by atoms with van der Waals surface area (Å²) in [5.74, 6) is 1.05. The first kappa shape index (κ1) is 12.4. The highest BCUT2D eigenvalue weighted by atomic mass is 16.5. The molecule has 17 heavy (non-hydrogen) atoms. The lowest BCUT2D eigenvalue weighted by Crippen LogP contribution is -2.21. The largest absolute Gasteiger partial charge is 0.493 e. The molecule has 1 saturated heterocycles. The fourth-order valence-electron chi connectivity index (χ4n) is 2.38. The Morgan fingerprint density at radius 2 is 2.24 bits per heavy atom. The molecule has 0 bridgehead atoms. The summed E-state index contributed by atoms with van der Waals surface area (Å²) in [6, 6.07) is 7.12. The number of ether oxygens (including phenoxy) is 1. The van der Waals surface area contributed by atoms with Crippen LogP contribution in [0.1, 0.15) is 36.8 Å². The Balaban J connectivity index is 1.72. The van der Waals surface area contributed by atoms with Gasteiger partial charge in [-0.2, -0.15) is 0 Å². The van der Waals surface area contributed by atoms with Crippen molar-refractivity contribution >= 4 is 0 Å². The summed E-state index contributed by atoms with van der Waals surface area (Å²) in [4.78, 5) is 0. The van der Waals surface area contributed by atoms with Crippen LogP contribution in [0.3, 0.4) is 0 Å². The highest BCUT2D eigenvalue weighted by molar-refractivity contribution is 5.35. The molecule has 1 heterocycles. The molecule has 1 aliphatic heterocycles. The molecule has 0 spiro atoms. The molecule has 2 rings (SSSR count). The zero-order valence-electron chi connectivity index (χ0n) is 11.0. The van der Waals surface area contributed by atoms with Crippen LogP contribution in [0.15, 0.2) is 18.2 Å². The molecule has 0 aliphatic carbocycles. The van der Waals surface area contributed by atoms with Crippen molar-refractivity contribution in [1.29, 1.82) is 0 Å². The Kier molecular flexibility index (Phi) is 4.43.